The predicted molar refractivity (Wildman–Crippen MR) is 131 cm³/mol. The van der Waals surface area contributed by atoms with E-state index < -0.39 is 17.9 Å². The highest BCUT2D eigenvalue weighted by Gasteiger charge is 2.35. The molecule has 3 aliphatic rings. The highest BCUT2D eigenvalue weighted by atomic mass is 16.4. The number of carboxylic acids is 1. The van der Waals surface area contributed by atoms with Gasteiger partial charge in [0.1, 0.15) is 6.04 Å². The number of amides is 2. The Morgan fingerprint density at radius 3 is 2.40 bits per heavy atom. The number of allylic oxidation sites excluding steroid dienone is 2. The van der Waals surface area contributed by atoms with Gasteiger partial charge >= 0.3 is 5.97 Å². The first kappa shape index (κ1) is 23.1. The summed E-state index contributed by atoms with van der Waals surface area (Å²) in [5.41, 5.74) is 6.94. The van der Waals surface area contributed by atoms with Gasteiger partial charge in [-0.2, -0.15) is 4.91 Å². The molecule has 2 aromatic carbocycles. The molecule has 2 atom stereocenters. The number of fused-ring (bicyclic) bond motifs is 3. The topological polar surface area (TPSA) is 104 Å². The zero-order valence-electron chi connectivity index (χ0n) is 19.5. The van der Waals surface area contributed by atoms with Crippen LogP contribution in [0.3, 0.4) is 0 Å². The zero-order valence-corrected chi connectivity index (χ0v) is 19.5. The summed E-state index contributed by atoms with van der Waals surface area (Å²) in [5, 5.41) is 13.1. The van der Waals surface area contributed by atoms with Crippen LogP contribution in [0.2, 0.25) is 0 Å². The highest BCUT2D eigenvalue weighted by Crippen LogP contribution is 2.42. The minimum absolute atomic E-state index is 0.0902. The van der Waals surface area contributed by atoms with E-state index in [9.17, 15) is 24.4 Å². The fraction of sp³-hybridized carbons (Fsp3) is 0.393. The molecule has 0 spiro atoms. The molecular formula is C28H28N2O5. The third-order valence-electron chi connectivity index (χ3n) is 7.62. The smallest absolute Gasteiger partial charge is 0.306 e. The molecule has 5 rings (SSSR count). The normalized spacial score (nSPS) is 18.2. The summed E-state index contributed by atoms with van der Waals surface area (Å²) >= 11 is 0. The molecule has 1 heterocycles. The highest BCUT2D eigenvalue weighted by molar-refractivity contribution is 6.21. The van der Waals surface area contributed by atoms with Gasteiger partial charge in [0.15, 0.2) is 0 Å². The average Bonchev–Trinajstić information content (AvgIpc) is 3.36. The molecule has 7 nitrogen and oxygen atoms in total. The van der Waals surface area contributed by atoms with Crippen LogP contribution in [0.4, 0.5) is 0 Å². The lowest BCUT2D eigenvalue weighted by molar-refractivity contribution is -0.142. The Kier molecular flexibility index (Phi) is 6.32. The molecule has 0 fully saturated rings. The Bertz CT molecular complexity index is 1210. The number of carboxylic acid groups (broad SMARTS) is 1. The lowest BCUT2D eigenvalue weighted by atomic mass is 9.89. The number of rotatable bonds is 9. The second kappa shape index (κ2) is 9.56. The van der Waals surface area contributed by atoms with Crippen molar-refractivity contribution in [3.05, 3.63) is 80.8 Å². The molecule has 0 bridgehead atoms. The standard InChI is InChI=1S/C28H28N2O5/c31-26-23-9-3-4-10-24(23)27(32)30(26)13-5-7-19(28(33)34)16-25(29-35)18-11-12-22-20(15-18)14-17-6-1-2-8-21(17)22/h3-4,9-12,15,19,25H,1-2,5-8,13-14,16H2,(H,33,34). The molecule has 35 heavy (non-hydrogen) atoms. The molecule has 0 saturated heterocycles. The second-order valence-corrected chi connectivity index (χ2v) is 9.72. The molecule has 2 unspecified atom stereocenters. The van der Waals surface area contributed by atoms with Gasteiger partial charge in [0.2, 0.25) is 0 Å². The van der Waals surface area contributed by atoms with E-state index in [2.05, 4.69) is 11.2 Å². The van der Waals surface area contributed by atoms with Gasteiger partial charge in [-0.15, -0.1) is 0 Å². The Balaban J connectivity index is 1.23. The first-order valence-electron chi connectivity index (χ1n) is 12.3. The number of nitrogens with zero attached hydrogens (tertiary/aromatic N) is 2. The SMILES string of the molecule is O=NC(CC(CCCN1C(=O)c2ccccc2C1=O)C(=O)O)c1ccc2c(c1)CC1=C2CCCC1. The summed E-state index contributed by atoms with van der Waals surface area (Å²) in [6, 6.07) is 11.9. The third-order valence-corrected chi connectivity index (χ3v) is 7.62. The third kappa shape index (κ3) is 4.31. The lowest BCUT2D eigenvalue weighted by Crippen LogP contribution is -2.31. The summed E-state index contributed by atoms with van der Waals surface area (Å²) < 4.78 is 0. The number of imide groups is 1. The molecule has 0 saturated carbocycles. The van der Waals surface area contributed by atoms with E-state index >= 15 is 0 Å². The number of hydrogen-bond donors (Lipinski definition) is 1. The Morgan fingerprint density at radius 1 is 1.00 bits per heavy atom. The van der Waals surface area contributed by atoms with Crippen molar-refractivity contribution in [3.63, 3.8) is 0 Å². The van der Waals surface area contributed by atoms with Crippen LogP contribution in [0.15, 0.2) is 53.2 Å². The van der Waals surface area contributed by atoms with E-state index in [4.69, 9.17) is 0 Å². The van der Waals surface area contributed by atoms with Crippen LogP contribution >= 0.6 is 0 Å². The van der Waals surface area contributed by atoms with E-state index in [0.29, 0.717) is 17.5 Å². The first-order chi connectivity index (χ1) is 17.0. The molecule has 2 aliphatic carbocycles. The molecule has 2 aromatic rings. The van der Waals surface area contributed by atoms with Crippen LogP contribution in [0.25, 0.3) is 5.57 Å². The van der Waals surface area contributed by atoms with Crippen LogP contribution in [0.1, 0.15) is 88.4 Å². The van der Waals surface area contributed by atoms with Gasteiger partial charge < -0.3 is 5.11 Å². The first-order valence-corrected chi connectivity index (χ1v) is 12.3. The largest absolute Gasteiger partial charge is 0.481 e. The van der Waals surface area contributed by atoms with Crippen LogP contribution in [-0.2, 0) is 11.2 Å². The van der Waals surface area contributed by atoms with Crippen molar-refractivity contribution in [2.24, 2.45) is 11.1 Å². The van der Waals surface area contributed by atoms with Crippen LogP contribution in [-0.4, -0.2) is 34.3 Å². The van der Waals surface area contributed by atoms with Crippen LogP contribution in [0.5, 0.6) is 0 Å². The van der Waals surface area contributed by atoms with Gasteiger partial charge in [-0.25, -0.2) is 0 Å². The summed E-state index contributed by atoms with van der Waals surface area (Å²) in [7, 11) is 0. The maximum absolute atomic E-state index is 12.5. The predicted octanol–water partition coefficient (Wildman–Crippen LogP) is 5.55. The van der Waals surface area contributed by atoms with Gasteiger partial charge in [0, 0.05) is 6.54 Å². The van der Waals surface area contributed by atoms with Gasteiger partial charge in [-0.1, -0.05) is 41.1 Å². The fourth-order valence-electron chi connectivity index (χ4n) is 5.77. The molecular weight excluding hydrogens is 444 g/mol. The fourth-order valence-corrected chi connectivity index (χ4v) is 5.77. The van der Waals surface area contributed by atoms with Crippen molar-refractivity contribution in [2.45, 2.75) is 57.4 Å². The van der Waals surface area contributed by atoms with E-state index in [0.717, 1.165) is 24.8 Å². The Labute approximate surface area is 203 Å². The summed E-state index contributed by atoms with van der Waals surface area (Å²) in [4.78, 5) is 50.0. The Morgan fingerprint density at radius 2 is 1.71 bits per heavy atom. The minimum atomic E-state index is -1.00. The molecule has 0 radical (unpaired) electrons. The number of carbonyl (C=O) groups excluding carboxylic acids is 2. The quantitative estimate of drug-likeness (QED) is 0.381. The minimum Gasteiger partial charge on any atom is -0.481 e. The Hall–Kier alpha value is -3.61. The van der Waals surface area contributed by atoms with Crippen molar-refractivity contribution in [1.82, 2.24) is 4.90 Å². The van der Waals surface area contributed by atoms with Gasteiger partial charge in [-0.3, -0.25) is 19.3 Å². The number of nitroso groups, excluding NO2 is 1. The molecule has 0 aromatic heterocycles. The molecule has 1 aliphatic heterocycles. The van der Waals surface area contributed by atoms with Crippen LogP contribution < -0.4 is 0 Å². The summed E-state index contributed by atoms with van der Waals surface area (Å²) in [6.07, 6.45) is 6.25. The van der Waals surface area contributed by atoms with E-state index in [1.165, 1.54) is 40.0 Å². The van der Waals surface area contributed by atoms with E-state index in [1.807, 2.05) is 12.1 Å². The van der Waals surface area contributed by atoms with E-state index in [1.54, 1.807) is 24.3 Å². The number of benzene rings is 2. The van der Waals surface area contributed by atoms with E-state index in [-0.39, 0.29) is 31.2 Å². The van der Waals surface area contributed by atoms with Gasteiger partial charge in [0.05, 0.1) is 17.0 Å². The molecule has 1 N–H and O–H groups in total. The number of carbonyl (C=O) groups is 3. The lowest BCUT2D eigenvalue weighted by Gasteiger charge is -2.19. The molecule has 7 heteroatoms. The monoisotopic (exact) mass is 472 g/mol. The zero-order chi connectivity index (χ0) is 24.5. The van der Waals surface area contributed by atoms with Crippen molar-refractivity contribution in [3.8, 4) is 0 Å². The molecule has 180 valence electrons. The van der Waals surface area contributed by atoms with Crippen molar-refractivity contribution < 1.29 is 19.5 Å². The summed E-state index contributed by atoms with van der Waals surface area (Å²) in [5.74, 6) is -2.49. The van der Waals surface area contributed by atoms with Gasteiger partial charge in [0.25, 0.3) is 11.8 Å². The average molecular weight is 473 g/mol. The van der Waals surface area contributed by atoms with Gasteiger partial charge in [-0.05, 0) is 85.8 Å². The maximum atomic E-state index is 12.5. The maximum Gasteiger partial charge on any atom is 0.306 e. The summed E-state index contributed by atoms with van der Waals surface area (Å²) in [6.45, 7) is 0.144. The van der Waals surface area contributed by atoms with Crippen molar-refractivity contribution >= 4 is 23.4 Å². The van der Waals surface area contributed by atoms with Crippen molar-refractivity contribution in [2.75, 3.05) is 6.54 Å². The van der Waals surface area contributed by atoms with Crippen LogP contribution in [0, 0.1) is 10.8 Å². The number of hydrogen-bond acceptors (Lipinski definition) is 5. The number of aliphatic carboxylic acids is 1. The molecule has 2 amide bonds. The second-order valence-electron chi connectivity index (χ2n) is 9.72. The van der Waals surface area contributed by atoms with Crippen molar-refractivity contribution in [1.29, 1.82) is 0 Å².